The normalized spacial score (nSPS) is 12.1. The molecule has 0 aliphatic rings. The molecule has 0 saturated heterocycles. The first-order chi connectivity index (χ1) is 12.9. The Balaban J connectivity index is 1.72. The van der Waals surface area contributed by atoms with Crippen LogP contribution in [0.2, 0.25) is 0 Å². The van der Waals surface area contributed by atoms with Crippen LogP contribution in [0.5, 0.6) is 0 Å². The molecular formula is C19H22N6O2. The molecule has 1 atom stereocenters. The van der Waals surface area contributed by atoms with Gasteiger partial charge in [0.1, 0.15) is 18.3 Å². The lowest BCUT2D eigenvalue weighted by Gasteiger charge is -2.15. The van der Waals surface area contributed by atoms with Gasteiger partial charge in [0.25, 0.3) is 5.91 Å². The van der Waals surface area contributed by atoms with E-state index >= 15 is 0 Å². The molecular weight excluding hydrogens is 344 g/mol. The minimum absolute atomic E-state index is 0.125. The van der Waals surface area contributed by atoms with Gasteiger partial charge < -0.3 is 10.3 Å². The monoisotopic (exact) mass is 366 g/mol. The molecule has 3 rings (SSSR count). The number of hydrogen-bond acceptors (Lipinski definition) is 5. The van der Waals surface area contributed by atoms with Gasteiger partial charge in [-0.3, -0.25) is 4.79 Å². The lowest BCUT2D eigenvalue weighted by atomic mass is 10.1. The summed E-state index contributed by atoms with van der Waals surface area (Å²) in [5.41, 5.74) is 2.13. The second-order valence-electron chi connectivity index (χ2n) is 6.82. The van der Waals surface area contributed by atoms with E-state index in [0.29, 0.717) is 18.0 Å². The van der Waals surface area contributed by atoms with E-state index in [9.17, 15) is 9.59 Å². The smallest absolute Gasteiger partial charge is 0.344 e. The van der Waals surface area contributed by atoms with Crippen LogP contribution in [0.25, 0.3) is 5.69 Å². The third kappa shape index (κ3) is 4.66. The zero-order chi connectivity index (χ0) is 19.4. The highest BCUT2D eigenvalue weighted by molar-refractivity contribution is 5.92. The van der Waals surface area contributed by atoms with Gasteiger partial charge in [0, 0.05) is 5.69 Å². The second kappa shape index (κ2) is 7.94. The molecule has 0 spiro atoms. The first-order valence-corrected chi connectivity index (χ1v) is 8.78. The summed E-state index contributed by atoms with van der Waals surface area (Å²) in [4.78, 5) is 34.7. The Labute approximate surface area is 156 Å². The number of aromatic amines is 1. The Morgan fingerprint density at radius 2 is 1.96 bits per heavy atom. The van der Waals surface area contributed by atoms with Crippen molar-refractivity contribution in [2.24, 2.45) is 5.92 Å². The van der Waals surface area contributed by atoms with Crippen molar-refractivity contribution < 1.29 is 4.79 Å². The summed E-state index contributed by atoms with van der Waals surface area (Å²) in [7, 11) is 0. The number of hydrogen-bond donors (Lipinski definition) is 2. The van der Waals surface area contributed by atoms with Gasteiger partial charge in [-0.05, 0) is 43.0 Å². The number of nitrogens with one attached hydrogen (secondary N) is 2. The lowest BCUT2D eigenvalue weighted by molar-refractivity contribution is 0.0934. The van der Waals surface area contributed by atoms with E-state index in [0.717, 1.165) is 11.3 Å². The minimum atomic E-state index is -0.511. The zero-order valence-corrected chi connectivity index (χ0v) is 15.5. The molecule has 0 aliphatic heterocycles. The summed E-state index contributed by atoms with van der Waals surface area (Å²) in [5.74, 6) is -0.0136. The van der Waals surface area contributed by atoms with E-state index in [1.807, 2.05) is 45.0 Å². The number of H-pyrrole nitrogens is 1. The van der Waals surface area contributed by atoms with Crippen molar-refractivity contribution in [1.29, 1.82) is 0 Å². The minimum Gasteiger partial charge on any atom is -0.344 e. The number of rotatable bonds is 6. The third-order valence-corrected chi connectivity index (χ3v) is 4.09. The van der Waals surface area contributed by atoms with Gasteiger partial charge in [-0.2, -0.15) is 10.1 Å². The average molecular weight is 366 g/mol. The maximum Gasteiger partial charge on any atom is 0.345 e. The summed E-state index contributed by atoms with van der Waals surface area (Å²) in [6, 6.07) is 9.03. The standard InChI is InChI=1S/C19H22N6O2/c1-12(2)8-15-9-17(24-19(27)23-15)18(26)22-13(3)14-4-6-16(7-5-14)25-11-20-10-21-25/h4-7,9-13H,8H2,1-3H3,(H,22,26)(H,23,24,27). The molecule has 1 unspecified atom stereocenters. The predicted molar refractivity (Wildman–Crippen MR) is 101 cm³/mol. The molecule has 27 heavy (non-hydrogen) atoms. The maximum atomic E-state index is 12.5. The number of amides is 1. The fraction of sp³-hybridized carbons (Fsp3) is 0.316. The fourth-order valence-electron chi connectivity index (χ4n) is 2.79. The molecule has 0 aliphatic carbocycles. The van der Waals surface area contributed by atoms with E-state index in [1.165, 1.54) is 6.33 Å². The van der Waals surface area contributed by atoms with Gasteiger partial charge in [0.2, 0.25) is 0 Å². The molecule has 2 heterocycles. The van der Waals surface area contributed by atoms with Crippen LogP contribution in [0.3, 0.4) is 0 Å². The van der Waals surface area contributed by atoms with E-state index < -0.39 is 5.69 Å². The molecule has 0 fully saturated rings. The molecule has 0 saturated carbocycles. The summed E-state index contributed by atoms with van der Waals surface area (Å²) < 4.78 is 1.66. The van der Waals surface area contributed by atoms with Gasteiger partial charge in [0.15, 0.2) is 0 Å². The molecule has 3 aromatic rings. The van der Waals surface area contributed by atoms with Crippen LogP contribution in [0.1, 0.15) is 48.6 Å². The second-order valence-corrected chi connectivity index (χ2v) is 6.82. The molecule has 8 heteroatoms. The molecule has 0 radical (unpaired) electrons. The van der Waals surface area contributed by atoms with Crippen LogP contribution in [0.4, 0.5) is 0 Å². The van der Waals surface area contributed by atoms with Crippen LogP contribution in [0, 0.1) is 5.92 Å². The highest BCUT2D eigenvalue weighted by Gasteiger charge is 2.15. The highest BCUT2D eigenvalue weighted by atomic mass is 16.2. The molecule has 2 N–H and O–H groups in total. The van der Waals surface area contributed by atoms with Crippen molar-refractivity contribution in [2.75, 3.05) is 0 Å². The fourth-order valence-corrected chi connectivity index (χ4v) is 2.79. The Morgan fingerprint density at radius 1 is 1.22 bits per heavy atom. The molecule has 2 aromatic heterocycles. The first-order valence-electron chi connectivity index (χ1n) is 8.78. The molecule has 1 aromatic carbocycles. The summed E-state index contributed by atoms with van der Waals surface area (Å²) in [6.07, 6.45) is 3.77. The van der Waals surface area contributed by atoms with Gasteiger partial charge in [-0.1, -0.05) is 26.0 Å². The zero-order valence-electron chi connectivity index (χ0n) is 15.5. The van der Waals surface area contributed by atoms with E-state index in [-0.39, 0.29) is 17.6 Å². The molecule has 1 amide bonds. The topological polar surface area (TPSA) is 106 Å². The van der Waals surface area contributed by atoms with Gasteiger partial charge in [-0.15, -0.1) is 0 Å². The average Bonchev–Trinajstić information content (AvgIpc) is 3.15. The van der Waals surface area contributed by atoms with E-state index in [1.54, 1.807) is 17.1 Å². The Hall–Kier alpha value is -3.29. The van der Waals surface area contributed by atoms with Crippen LogP contribution in [-0.2, 0) is 6.42 Å². The number of aromatic nitrogens is 5. The van der Waals surface area contributed by atoms with Gasteiger partial charge >= 0.3 is 5.69 Å². The van der Waals surface area contributed by atoms with E-state index in [2.05, 4.69) is 25.4 Å². The maximum absolute atomic E-state index is 12.5. The Morgan fingerprint density at radius 3 is 2.59 bits per heavy atom. The first kappa shape index (κ1) is 18.5. The van der Waals surface area contributed by atoms with Crippen LogP contribution < -0.4 is 11.0 Å². The molecule has 0 bridgehead atoms. The van der Waals surface area contributed by atoms with Crippen molar-refractivity contribution in [3.05, 3.63) is 70.4 Å². The predicted octanol–water partition coefficient (Wildman–Crippen LogP) is 2.04. The van der Waals surface area contributed by atoms with Crippen LogP contribution in [0.15, 0.2) is 47.8 Å². The Kier molecular flexibility index (Phi) is 5.44. The lowest BCUT2D eigenvalue weighted by Crippen LogP contribution is -2.30. The molecule has 140 valence electrons. The number of carbonyl (C=O) groups excluding carboxylic acids is 1. The number of carbonyl (C=O) groups is 1. The van der Waals surface area contributed by atoms with Crippen molar-refractivity contribution in [2.45, 2.75) is 33.2 Å². The Bertz CT molecular complexity index is 961. The van der Waals surface area contributed by atoms with Gasteiger partial charge in [-0.25, -0.2) is 14.5 Å². The van der Waals surface area contributed by atoms with Crippen molar-refractivity contribution in [1.82, 2.24) is 30.0 Å². The summed E-state index contributed by atoms with van der Waals surface area (Å²) in [6.45, 7) is 5.97. The van der Waals surface area contributed by atoms with Crippen molar-refractivity contribution >= 4 is 5.91 Å². The summed E-state index contributed by atoms with van der Waals surface area (Å²) in [5, 5.41) is 6.97. The number of nitrogens with zero attached hydrogens (tertiary/aromatic N) is 4. The van der Waals surface area contributed by atoms with Crippen molar-refractivity contribution in [3.63, 3.8) is 0 Å². The third-order valence-electron chi connectivity index (χ3n) is 4.09. The van der Waals surface area contributed by atoms with E-state index in [4.69, 9.17) is 0 Å². The van der Waals surface area contributed by atoms with Crippen LogP contribution in [-0.4, -0.2) is 30.6 Å². The summed E-state index contributed by atoms with van der Waals surface area (Å²) >= 11 is 0. The number of benzene rings is 1. The van der Waals surface area contributed by atoms with Crippen molar-refractivity contribution in [3.8, 4) is 5.69 Å². The SMILES string of the molecule is CC(C)Cc1cc(C(=O)NC(C)c2ccc(-n3cncn3)cc2)nc(=O)[nH]1. The quantitative estimate of drug-likeness (QED) is 0.694. The molecule has 8 nitrogen and oxygen atoms in total. The van der Waals surface area contributed by atoms with Gasteiger partial charge in [0.05, 0.1) is 11.7 Å². The highest BCUT2D eigenvalue weighted by Crippen LogP contribution is 2.16. The largest absolute Gasteiger partial charge is 0.345 e. The van der Waals surface area contributed by atoms with Crippen LogP contribution >= 0.6 is 0 Å².